The summed E-state index contributed by atoms with van der Waals surface area (Å²) in [7, 11) is 0. The molecule has 0 saturated heterocycles. The van der Waals surface area contributed by atoms with Crippen molar-refractivity contribution >= 4 is 31.9 Å². The Morgan fingerprint density at radius 1 is 0.967 bits per heavy atom. The average molecular weight is 546 g/mol. The van der Waals surface area contributed by atoms with Crippen LogP contribution in [0.5, 0.6) is 0 Å². The van der Waals surface area contributed by atoms with Crippen LogP contribution >= 0.6 is 31.9 Å². The number of aliphatic hydroxyl groups excluding tert-OH is 1. The van der Waals surface area contributed by atoms with E-state index in [2.05, 4.69) is 66.5 Å². The quantitative estimate of drug-likeness (QED) is 0.344. The first-order valence-corrected chi connectivity index (χ1v) is 14.7. The van der Waals surface area contributed by atoms with Crippen molar-refractivity contribution in [3.63, 3.8) is 0 Å². The van der Waals surface area contributed by atoms with Gasteiger partial charge >= 0.3 is 0 Å². The van der Waals surface area contributed by atoms with Crippen molar-refractivity contribution in [1.29, 1.82) is 0 Å². The maximum atomic E-state index is 10.5. The molecule has 0 radical (unpaired) electrons. The SMILES string of the molecule is CC(C)CCCC(C)C1CCC2C3CC(Br)C4(Br)CC(O)CCC4(C)C3CCC12C. The Morgan fingerprint density at radius 3 is 2.40 bits per heavy atom. The van der Waals surface area contributed by atoms with Crippen molar-refractivity contribution in [2.24, 2.45) is 46.3 Å². The molecule has 1 nitrogen and oxygen atoms in total. The van der Waals surface area contributed by atoms with Crippen LogP contribution in [0.15, 0.2) is 0 Å². The topological polar surface area (TPSA) is 20.2 Å². The van der Waals surface area contributed by atoms with Gasteiger partial charge in [0.1, 0.15) is 0 Å². The summed E-state index contributed by atoms with van der Waals surface area (Å²) in [5.41, 5.74) is 0.869. The second kappa shape index (κ2) is 8.61. The number of fused-ring (bicyclic) bond motifs is 5. The third-order valence-corrected chi connectivity index (χ3v) is 14.5. The lowest BCUT2D eigenvalue weighted by Gasteiger charge is -2.65. The van der Waals surface area contributed by atoms with Crippen molar-refractivity contribution in [2.75, 3.05) is 0 Å². The predicted molar refractivity (Wildman–Crippen MR) is 135 cm³/mol. The highest BCUT2D eigenvalue weighted by molar-refractivity contribution is 9.12. The number of hydrogen-bond donors (Lipinski definition) is 1. The first kappa shape index (κ1) is 24.1. The lowest BCUT2D eigenvalue weighted by molar-refractivity contribution is -0.111. The van der Waals surface area contributed by atoms with Crippen LogP contribution < -0.4 is 0 Å². The second-order valence-corrected chi connectivity index (χ2v) is 15.3. The molecular formula is C27H46Br2O. The summed E-state index contributed by atoms with van der Waals surface area (Å²) < 4.78 is 0.0642. The summed E-state index contributed by atoms with van der Waals surface area (Å²) in [5.74, 6) is 5.26. The molecule has 174 valence electrons. The van der Waals surface area contributed by atoms with Gasteiger partial charge in [-0.05, 0) is 97.7 Å². The minimum atomic E-state index is -0.134. The van der Waals surface area contributed by atoms with E-state index in [0.717, 1.165) is 48.3 Å². The zero-order valence-electron chi connectivity index (χ0n) is 20.1. The molecular weight excluding hydrogens is 500 g/mol. The van der Waals surface area contributed by atoms with Gasteiger partial charge in [0.2, 0.25) is 0 Å². The van der Waals surface area contributed by atoms with Crippen LogP contribution in [-0.2, 0) is 0 Å². The van der Waals surface area contributed by atoms with Crippen LogP contribution in [0.25, 0.3) is 0 Å². The fraction of sp³-hybridized carbons (Fsp3) is 1.00. The van der Waals surface area contributed by atoms with Crippen LogP contribution in [0.4, 0.5) is 0 Å². The van der Waals surface area contributed by atoms with Crippen LogP contribution in [0.3, 0.4) is 0 Å². The van der Waals surface area contributed by atoms with E-state index in [1.165, 1.54) is 57.8 Å². The Morgan fingerprint density at radius 2 is 1.70 bits per heavy atom. The molecule has 3 heteroatoms. The van der Waals surface area contributed by atoms with Gasteiger partial charge in [-0.15, -0.1) is 0 Å². The van der Waals surface area contributed by atoms with Crippen LogP contribution in [0.2, 0.25) is 0 Å². The second-order valence-electron chi connectivity index (χ2n) is 12.8. The van der Waals surface area contributed by atoms with Gasteiger partial charge in [0.25, 0.3) is 0 Å². The smallest absolute Gasteiger partial charge is 0.0554 e. The molecule has 0 aromatic rings. The van der Waals surface area contributed by atoms with E-state index in [9.17, 15) is 5.11 Å². The molecule has 1 N–H and O–H groups in total. The van der Waals surface area contributed by atoms with E-state index in [0.29, 0.717) is 15.7 Å². The van der Waals surface area contributed by atoms with Crippen LogP contribution in [-0.4, -0.2) is 20.4 Å². The van der Waals surface area contributed by atoms with Crippen LogP contribution in [0.1, 0.15) is 105 Å². The number of hydrogen-bond acceptors (Lipinski definition) is 1. The molecule has 0 amide bonds. The van der Waals surface area contributed by atoms with Gasteiger partial charge in [-0.3, -0.25) is 0 Å². The van der Waals surface area contributed by atoms with E-state index in [-0.39, 0.29) is 10.4 Å². The van der Waals surface area contributed by atoms with Gasteiger partial charge in [0.15, 0.2) is 0 Å². The lowest BCUT2D eigenvalue weighted by atomic mass is 9.44. The molecule has 10 atom stereocenters. The maximum absolute atomic E-state index is 10.5. The highest BCUT2D eigenvalue weighted by Crippen LogP contribution is 2.71. The summed E-state index contributed by atoms with van der Waals surface area (Å²) in [6.07, 6.45) is 14.3. The van der Waals surface area contributed by atoms with Crippen molar-refractivity contribution in [2.45, 2.75) is 121 Å². The van der Waals surface area contributed by atoms with Crippen molar-refractivity contribution in [3.05, 3.63) is 0 Å². The molecule has 0 bridgehead atoms. The molecule has 0 aromatic carbocycles. The first-order chi connectivity index (χ1) is 14.0. The zero-order valence-corrected chi connectivity index (χ0v) is 23.3. The molecule has 4 saturated carbocycles. The molecule has 10 unspecified atom stereocenters. The highest BCUT2D eigenvalue weighted by Gasteiger charge is 2.66. The summed E-state index contributed by atoms with van der Waals surface area (Å²) in [6.45, 7) is 12.6. The maximum Gasteiger partial charge on any atom is 0.0554 e. The van der Waals surface area contributed by atoms with E-state index in [1.54, 1.807) is 0 Å². The van der Waals surface area contributed by atoms with Crippen molar-refractivity contribution < 1.29 is 5.11 Å². The Balaban J connectivity index is 1.53. The Kier molecular flexibility index (Phi) is 6.90. The Bertz CT molecular complexity index is 622. The van der Waals surface area contributed by atoms with E-state index < -0.39 is 0 Å². The number of aliphatic hydroxyl groups is 1. The molecule has 30 heavy (non-hydrogen) atoms. The highest BCUT2D eigenvalue weighted by atomic mass is 79.9. The molecule has 0 spiro atoms. The van der Waals surface area contributed by atoms with Gasteiger partial charge in [-0.1, -0.05) is 85.7 Å². The lowest BCUT2D eigenvalue weighted by Crippen LogP contribution is -2.64. The van der Waals surface area contributed by atoms with Gasteiger partial charge < -0.3 is 5.11 Å². The van der Waals surface area contributed by atoms with Gasteiger partial charge in [-0.25, -0.2) is 0 Å². The first-order valence-electron chi connectivity index (χ1n) is 13.0. The minimum absolute atomic E-state index is 0.0642. The Hall–Kier alpha value is 0.920. The fourth-order valence-electron chi connectivity index (χ4n) is 9.19. The van der Waals surface area contributed by atoms with Crippen molar-refractivity contribution in [3.8, 4) is 0 Å². The number of alkyl halides is 2. The molecule has 0 aromatic heterocycles. The monoisotopic (exact) mass is 544 g/mol. The van der Waals surface area contributed by atoms with Crippen molar-refractivity contribution in [1.82, 2.24) is 0 Å². The van der Waals surface area contributed by atoms with Crippen LogP contribution in [0, 0.1) is 46.3 Å². The zero-order chi connectivity index (χ0) is 21.9. The fourth-order valence-corrected chi connectivity index (χ4v) is 11.4. The third-order valence-electron chi connectivity index (χ3n) is 10.9. The van der Waals surface area contributed by atoms with Gasteiger partial charge in [0.05, 0.1) is 6.10 Å². The summed E-state index contributed by atoms with van der Waals surface area (Å²) >= 11 is 8.41. The summed E-state index contributed by atoms with van der Waals surface area (Å²) in [4.78, 5) is 0.482. The average Bonchev–Trinajstić information content (AvgIpc) is 3.01. The molecule has 0 heterocycles. The number of halogens is 2. The Labute approximate surface area is 203 Å². The molecule has 4 rings (SSSR count). The molecule has 4 aliphatic carbocycles. The third kappa shape index (κ3) is 3.71. The van der Waals surface area contributed by atoms with E-state index >= 15 is 0 Å². The van der Waals surface area contributed by atoms with E-state index in [1.807, 2.05) is 0 Å². The standard InChI is InChI=1S/C27H46Br2O/c1-17(2)7-6-8-18(3)21-9-10-22-20-15-24(28)27(29)16-19(30)11-14-26(27,5)23(20)12-13-25(21,22)4/h17-24,30H,6-16H2,1-5H3. The molecule has 4 aliphatic rings. The summed E-state index contributed by atoms with van der Waals surface area (Å²) in [6, 6.07) is 0. The van der Waals surface area contributed by atoms with E-state index in [4.69, 9.17) is 0 Å². The molecule has 4 fully saturated rings. The normalized spacial score (nSPS) is 51.9. The summed E-state index contributed by atoms with van der Waals surface area (Å²) in [5, 5.41) is 10.5. The minimum Gasteiger partial charge on any atom is -0.393 e. The molecule has 0 aliphatic heterocycles. The predicted octanol–water partition coefficient (Wildman–Crippen LogP) is 8.36. The number of rotatable bonds is 5. The largest absolute Gasteiger partial charge is 0.393 e. The van der Waals surface area contributed by atoms with Gasteiger partial charge in [0, 0.05) is 9.15 Å². The van der Waals surface area contributed by atoms with Gasteiger partial charge in [-0.2, -0.15) is 0 Å².